The molecule has 0 bridgehead atoms. The van der Waals surface area contributed by atoms with Crippen LogP contribution in [0.2, 0.25) is 0 Å². The largest absolute Gasteiger partial charge is 0.463 e. The first kappa shape index (κ1) is 46.6. The van der Waals surface area contributed by atoms with Crippen LogP contribution in [-0.2, 0) is 47.6 Å². The van der Waals surface area contributed by atoms with E-state index in [0.717, 1.165) is 51.4 Å². The van der Waals surface area contributed by atoms with Crippen LogP contribution in [0.5, 0.6) is 0 Å². The molecule has 15 nitrogen and oxygen atoms in total. The van der Waals surface area contributed by atoms with Gasteiger partial charge in [0.15, 0.2) is 24.6 Å². The second-order valence-electron chi connectivity index (χ2n) is 13.0. The van der Waals surface area contributed by atoms with Gasteiger partial charge < -0.3 is 54.0 Å². The fourth-order valence-corrected chi connectivity index (χ4v) is 5.36. The van der Waals surface area contributed by atoms with Crippen molar-refractivity contribution < 1.29 is 73.1 Å². The highest BCUT2D eigenvalue weighted by Gasteiger charge is 2.53. The highest BCUT2D eigenvalue weighted by molar-refractivity contribution is 5.72. The zero-order chi connectivity index (χ0) is 38.2. The van der Waals surface area contributed by atoms with Gasteiger partial charge in [-0.3, -0.25) is 19.2 Å². The Labute approximate surface area is 302 Å². The molecule has 9 atom stereocenters. The summed E-state index contributed by atoms with van der Waals surface area (Å²) in [5, 5.41) is 50.0. The molecule has 51 heavy (non-hydrogen) atoms. The van der Waals surface area contributed by atoms with E-state index in [2.05, 4.69) is 0 Å². The molecular formula is C36H64O15. The molecule has 0 unspecified atom stereocenters. The van der Waals surface area contributed by atoms with E-state index in [-0.39, 0.29) is 25.7 Å². The van der Waals surface area contributed by atoms with Crippen LogP contribution in [0.25, 0.3) is 0 Å². The Morgan fingerprint density at radius 1 is 0.569 bits per heavy atom. The topological polar surface area (TPSA) is 225 Å². The smallest absolute Gasteiger partial charge is 0.306 e. The molecule has 0 radical (unpaired) electrons. The van der Waals surface area contributed by atoms with Gasteiger partial charge in [0, 0.05) is 25.7 Å². The molecule has 0 aromatic heterocycles. The molecular weight excluding hydrogens is 672 g/mol. The molecule has 298 valence electrons. The van der Waals surface area contributed by atoms with Crippen LogP contribution in [0.4, 0.5) is 0 Å². The van der Waals surface area contributed by atoms with Crippen molar-refractivity contribution >= 4 is 23.9 Å². The molecule has 1 rings (SSSR count). The third-order valence-corrected chi connectivity index (χ3v) is 8.50. The summed E-state index contributed by atoms with van der Waals surface area (Å²) < 4.78 is 35.0. The SMILES string of the molecule is CCCCCC(=O)OC[C@H]1O[C@@H](OC[C@@H](O)[C@@H](O)[C@H](O)[C@H](O)CO)[C@@H](OC(=O)CCCCC)[C@@H](OC(=O)CCCCC)[C@@H]1OC(=O)CCCCC. The molecule has 5 N–H and O–H groups in total. The van der Waals surface area contributed by atoms with Crippen molar-refractivity contribution in [2.24, 2.45) is 0 Å². The minimum atomic E-state index is -1.98. The summed E-state index contributed by atoms with van der Waals surface area (Å²) in [4.78, 5) is 52.1. The van der Waals surface area contributed by atoms with Crippen LogP contribution in [-0.4, -0.2) is 124 Å². The number of hydrogen-bond donors (Lipinski definition) is 5. The van der Waals surface area contributed by atoms with Crippen molar-refractivity contribution in [1.82, 2.24) is 0 Å². The molecule has 1 aliphatic rings. The zero-order valence-corrected chi connectivity index (χ0v) is 30.9. The maximum absolute atomic E-state index is 13.2. The van der Waals surface area contributed by atoms with E-state index in [9.17, 15) is 39.6 Å². The molecule has 0 aromatic rings. The Morgan fingerprint density at radius 3 is 1.43 bits per heavy atom. The van der Waals surface area contributed by atoms with Gasteiger partial charge in [-0.2, -0.15) is 0 Å². The first-order valence-electron chi connectivity index (χ1n) is 18.8. The van der Waals surface area contributed by atoms with Crippen molar-refractivity contribution in [3.8, 4) is 0 Å². The minimum Gasteiger partial charge on any atom is -0.463 e. The lowest BCUT2D eigenvalue weighted by Crippen LogP contribution is -2.63. The van der Waals surface area contributed by atoms with Gasteiger partial charge in [-0.1, -0.05) is 79.1 Å². The normalized spacial score (nSPS) is 22.7. The molecule has 0 aliphatic carbocycles. The van der Waals surface area contributed by atoms with Gasteiger partial charge in [-0.25, -0.2) is 0 Å². The average Bonchev–Trinajstić information content (AvgIpc) is 3.11. The predicted octanol–water partition coefficient (Wildman–Crippen LogP) is 2.76. The molecule has 0 spiro atoms. The van der Waals surface area contributed by atoms with E-state index in [1.165, 1.54) is 0 Å². The molecule has 0 saturated carbocycles. The van der Waals surface area contributed by atoms with Crippen molar-refractivity contribution in [1.29, 1.82) is 0 Å². The third kappa shape index (κ3) is 18.3. The summed E-state index contributed by atoms with van der Waals surface area (Å²) in [6.07, 6.45) is -6.12. The number of unbranched alkanes of at least 4 members (excludes halogenated alkanes) is 8. The Morgan fingerprint density at radius 2 is 0.980 bits per heavy atom. The number of esters is 4. The summed E-state index contributed by atoms with van der Waals surface area (Å²) >= 11 is 0. The third-order valence-electron chi connectivity index (χ3n) is 8.50. The van der Waals surface area contributed by atoms with Gasteiger partial charge in [0.25, 0.3) is 0 Å². The Balaban J connectivity index is 3.56. The lowest BCUT2D eigenvalue weighted by Gasteiger charge is -2.44. The minimum absolute atomic E-state index is 0.00107. The van der Waals surface area contributed by atoms with Crippen molar-refractivity contribution in [2.75, 3.05) is 19.8 Å². The van der Waals surface area contributed by atoms with Gasteiger partial charge >= 0.3 is 23.9 Å². The molecule has 15 heteroatoms. The number of rotatable bonds is 28. The van der Waals surface area contributed by atoms with E-state index in [0.29, 0.717) is 25.7 Å². The monoisotopic (exact) mass is 736 g/mol. The summed E-state index contributed by atoms with van der Waals surface area (Å²) in [5.74, 6) is -2.52. The number of carbonyl (C=O) groups is 4. The molecule has 1 fully saturated rings. The standard InChI is InChI=1S/C36H64O15/c1-5-9-13-17-27(40)46-23-26-33(49-28(41)18-14-10-6-2)34(50-29(42)19-15-11-7-3)35(51-30(43)20-16-12-8-4)36(48-26)47-22-25(39)32(45)31(44)24(38)21-37/h24-26,31-39,44-45H,5-23H2,1-4H3/t24-,25-,26-,31-,32-,33-,34+,35+,36-/m1/s1. The summed E-state index contributed by atoms with van der Waals surface area (Å²) in [7, 11) is 0. The second-order valence-corrected chi connectivity index (χ2v) is 13.0. The highest BCUT2D eigenvalue weighted by Crippen LogP contribution is 2.31. The van der Waals surface area contributed by atoms with Crippen LogP contribution >= 0.6 is 0 Å². The number of aliphatic hydroxyl groups excluding tert-OH is 5. The number of carbonyl (C=O) groups excluding carboxylic acids is 4. The second kappa shape index (κ2) is 27.2. The average molecular weight is 737 g/mol. The zero-order valence-electron chi connectivity index (χ0n) is 30.9. The Hall–Kier alpha value is -2.40. The van der Waals surface area contributed by atoms with Crippen LogP contribution in [0.15, 0.2) is 0 Å². The Bertz CT molecular complexity index is 978. The van der Waals surface area contributed by atoms with Gasteiger partial charge in [-0.15, -0.1) is 0 Å². The summed E-state index contributed by atoms with van der Waals surface area (Å²) in [5.41, 5.74) is 0. The van der Waals surface area contributed by atoms with E-state index in [1.807, 2.05) is 27.7 Å². The van der Waals surface area contributed by atoms with Crippen LogP contribution in [0, 0.1) is 0 Å². The van der Waals surface area contributed by atoms with Gasteiger partial charge in [-0.05, 0) is 25.7 Å². The molecule has 1 saturated heterocycles. The predicted molar refractivity (Wildman–Crippen MR) is 183 cm³/mol. The maximum Gasteiger partial charge on any atom is 0.306 e. The number of hydrogen-bond acceptors (Lipinski definition) is 15. The lowest BCUT2D eigenvalue weighted by molar-refractivity contribution is -0.313. The van der Waals surface area contributed by atoms with Gasteiger partial charge in [0.2, 0.25) is 0 Å². The summed E-state index contributed by atoms with van der Waals surface area (Å²) in [6.45, 7) is 5.80. The quantitative estimate of drug-likeness (QED) is 0.0442. The molecule has 1 aliphatic heterocycles. The molecule has 0 amide bonds. The van der Waals surface area contributed by atoms with Gasteiger partial charge in [0.1, 0.15) is 37.1 Å². The maximum atomic E-state index is 13.2. The molecule has 0 aromatic carbocycles. The number of ether oxygens (including phenoxy) is 6. The highest BCUT2D eigenvalue weighted by atomic mass is 16.7. The van der Waals surface area contributed by atoms with Crippen molar-refractivity contribution in [2.45, 2.75) is 186 Å². The molecule has 1 heterocycles. The van der Waals surface area contributed by atoms with Crippen LogP contribution < -0.4 is 0 Å². The fourth-order valence-electron chi connectivity index (χ4n) is 5.36. The van der Waals surface area contributed by atoms with E-state index < -0.39 is 98.8 Å². The van der Waals surface area contributed by atoms with Gasteiger partial charge in [0.05, 0.1) is 13.2 Å². The lowest BCUT2D eigenvalue weighted by atomic mass is 9.97. The number of aliphatic hydroxyl groups is 5. The van der Waals surface area contributed by atoms with Crippen LogP contribution in [0.3, 0.4) is 0 Å². The first-order chi connectivity index (χ1) is 24.4. The first-order valence-corrected chi connectivity index (χ1v) is 18.8. The van der Waals surface area contributed by atoms with E-state index in [1.54, 1.807) is 0 Å². The van der Waals surface area contributed by atoms with Crippen molar-refractivity contribution in [3.05, 3.63) is 0 Å². The van der Waals surface area contributed by atoms with E-state index >= 15 is 0 Å². The Kier molecular flexibility index (Phi) is 24.9. The van der Waals surface area contributed by atoms with Crippen molar-refractivity contribution in [3.63, 3.8) is 0 Å². The fraction of sp³-hybridized carbons (Fsp3) is 0.889. The summed E-state index contributed by atoms with van der Waals surface area (Å²) in [6, 6.07) is 0. The van der Waals surface area contributed by atoms with E-state index in [4.69, 9.17) is 33.5 Å². The van der Waals surface area contributed by atoms with Crippen LogP contribution in [0.1, 0.15) is 130 Å².